The van der Waals surface area contributed by atoms with Gasteiger partial charge in [0.25, 0.3) is 0 Å². The number of rotatable bonds is 5. The first kappa shape index (κ1) is 13.3. The van der Waals surface area contributed by atoms with Crippen molar-refractivity contribution in [3.8, 4) is 0 Å². The Morgan fingerprint density at radius 1 is 1.44 bits per heavy atom. The summed E-state index contributed by atoms with van der Waals surface area (Å²) in [5.41, 5.74) is 6.06. The van der Waals surface area contributed by atoms with Gasteiger partial charge < -0.3 is 15.4 Å². The molecule has 1 fully saturated rings. The van der Waals surface area contributed by atoms with Crippen LogP contribution < -0.4 is 5.73 Å². The quantitative estimate of drug-likeness (QED) is 0.573. The summed E-state index contributed by atoms with van der Waals surface area (Å²) in [7, 11) is 1.71. The van der Waals surface area contributed by atoms with E-state index in [2.05, 4.69) is 23.7 Å². The summed E-state index contributed by atoms with van der Waals surface area (Å²) in [4.78, 5) is 6.73. The van der Waals surface area contributed by atoms with Gasteiger partial charge in [-0.1, -0.05) is 12.8 Å². The van der Waals surface area contributed by atoms with Crippen molar-refractivity contribution in [1.82, 2.24) is 4.90 Å². The number of hydrogen-bond donors (Lipinski definition) is 1. The Labute approximate surface area is 98.9 Å². The first-order valence-corrected chi connectivity index (χ1v) is 6.24. The van der Waals surface area contributed by atoms with Crippen LogP contribution in [0, 0.1) is 0 Å². The summed E-state index contributed by atoms with van der Waals surface area (Å²) < 4.78 is 5.09. The summed E-state index contributed by atoms with van der Waals surface area (Å²) in [5.74, 6) is 0.680. The van der Waals surface area contributed by atoms with Gasteiger partial charge in [-0.15, -0.1) is 0 Å². The highest BCUT2D eigenvalue weighted by Gasteiger charge is 2.17. The van der Waals surface area contributed by atoms with Crippen molar-refractivity contribution >= 4 is 5.96 Å². The fraction of sp³-hybridized carbons (Fsp3) is 0.917. The van der Waals surface area contributed by atoms with Crippen LogP contribution in [0.15, 0.2) is 4.99 Å². The summed E-state index contributed by atoms with van der Waals surface area (Å²) in [6.45, 7) is 5.77. The van der Waals surface area contributed by atoms with Crippen LogP contribution in [0.25, 0.3) is 0 Å². The monoisotopic (exact) mass is 227 g/mol. The van der Waals surface area contributed by atoms with Crippen LogP contribution in [0.3, 0.4) is 0 Å². The number of nitrogens with zero attached hydrogens (tertiary/aromatic N) is 2. The Bertz CT molecular complexity index is 222. The van der Waals surface area contributed by atoms with E-state index >= 15 is 0 Å². The summed E-state index contributed by atoms with van der Waals surface area (Å²) in [6, 6.07) is 0.823. The molecule has 0 radical (unpaired) electrons. The number of guanidine groups is 1. The molecule has 0 aromatic carbocycles. The lowest BCUT2D eigenvalue weighted by Crippen LogP contribution is -2.44. The molecule has 0 aliphatic heterocycles. The third-order valence-electron chi connectivity index (χ3n) is 3.09. The molecule has 4 heteroatoms. The fourth-order valence-electron chi connectivity index (χ4n) is 2.12. The van der Waals surface area contributed by atoms with Crippen LogP contribution in [0.2, 0.25) is 0 Å². The lowest BCUT2D eigenvalue weighted by Gasteiger charge is -2.28. The topological polar surface area (TPSA) is 50.9 Å². The molecule has 0 spiro atoms. The fourth-order valence-corrected chi connectivity index (χ4v) is 2.12. The number of nitrogens with two attached hydrogens (primary N) is 1. The van der Waals surface area contributed by atoms with Gasteiger partial charge in [0, 0.05) is 19.7 Å². The maximum absolute atomic E-state index is 6.06. The molecule has 0 aromatic rings. The van der Waals surface area contributed by atoms with Crippen molar-refractivity contribution < 1.29 is 4.74 Å². The molecule has 4 nitrogen and oxygen atoms in total. The molecule has 16 heavy (non-hydrogen) atoms. The SMILES string of the molecule is COCCN(C(N)=NC1CCCC1)C(C)C. The van der Waals surface area contributed by atoms with Gasteiger partial charge in [0.15, 0.2) is 5.96 Å². The molecule has 1 saturated carbocycles. The Kier molecular flexibility index (Phi) is 5.60. The first-order chi connectivity index (χ1) is 7.65. The van der Waals surface area contributed by atoms with E-state index in [1.807, 2.05) is 0 Å². The van der Waals surface area contributed by atoms with Gasteiger partial charge in [0.05, 0.1) is 12.6 Å². The van der Waals surface area contributed by atoms with Gasteiger partial charge in [0.2, 0.25) is 0 Å². The standard InChI is InChI=1S/C12H25N3O/c1-10(2)15(8-9-16-3)12(13)14-11-6-4-5-7-11/h10-11H,4-9H2,1-3H3,(H2,13,14). The Morgan fingerprint density at radius 2 is 2.06 bits per heavy atom. The van der Waals surface area contributed by atoms with Gasteiger partial charge in [-0.2, -0.15) is 0 Å². The predicted molar refractivity (Wildman–Crippen MR) is 67.6 cm³/mol. The third-order valence-corrected chi connectivity index (χ3v) is 3.09. The van der Waals surface area contributed by atoms with Gasteiger partial charge in [-0.3, -0.25) is 0 Å². The molecule has 1 aliphatic carbocycles. The third kappa shape index (κ3) is 4.00. The zero-order chi connectivity index (χ0) is 12.0. The van der Waals surface area contributed by atoms with E-state index in [1.165, 1.54) is 25.7 Å². The molecule has 0 atom stereocenters. The summed E-state index contributed by atoms with van der Waals surface area (Å²) in [5, 5.41) is 0. The summed E-state index contributed by atoms with van der Waals surface area (Å²) in [6.07, 6.45) is 4.97. The minimum absolute atomic E-state index is 0.375. The Hall–Kier alpha value is -0.770. The zero-order valence-electron chi connectivity index (χ0n) is 10.8. The normalized spacial score (nSPS) is 18.4. The van der Waals surface area contributed by atoms with Crippen molar-refractivity contribution in [2.24, 2.45) is 10.7 Å². The van der Waals surface area contributed by atoms with Gasteiger partial charge in [-0.05, 0) is 26.7 Å². The van der Waals surface area contributed by atoms with Gasteiger partial charge >= 0.3 is 0 Å². The molecule has 0 amide bonds. The van der Waals surface area contributed by atoms with Crippen LogP contribution in [0.5, 0.6) is 0 Å². The molecule has 0 bridgehead atoms. The molecule has 0 unspecified atom stereocenters. The highest BCUT2D eigenvalue weighted by atomic mass is 16.5. The number of ether oxygens (including phenoxy) is 1. The average Bonchev–Trinajstić information content (AvgIpc) is 2.70. The predicted octanol–water partition coefficient (Wildman–Crippen LogP) is 1.60. The molecule has 1 rings (SSSR count). The minimum Gasteiger partial charge on any atom is -0.383 e. The molecule has 0 aromatic heterocycles. The second kappa shape index (κ2) is 6.74. The maximum Gasteiger partial charge on any atom is 0.191 e. The van der Waals surface area contributed by atoms with Crippen LogP contribution in [0.1, 0.15) is 39.5 Å². The number of methoxy groups -OCH3 is 1. The van der Waals surface area contributed by atoms with Crippen LogP contribution >= 0.6 is 0 Å². The molecule has 0 heterocycles. The molecule has 94 valence electrons. The summed E-state index contributed by atoms with van der Waals surface area (Å²) >= 11 is 0. The number of hydrogen-bond acceptors (Lipinski definition) is 2. The number of aliphatic imine (C=N–C) groups is 1. The second-order valence-corrected chi connectivity index (χ2v) is 4.71. The molecule has 1 aliphatic rings. The van der Waals surface area contributed by atoms with E-state index in [0.29, 0.717) is 24.7 Å². The van der Waals surface area contributed by atoms with E-state index in [9.17, 15) is 0 Å². The largest absolute Gasteiger partial charge is 0.383 e. The molecule has 2 N–H and O–H groups in total. The van der Waals surface area contributed by atoms with Crippen molar-refractivity contribution in [1.29, 1.82) is 0 Å². The zero-order valence-corrected chi connectivity index (χ0v) is 10.8. The van der Waals surface area contributed by atoms with Crippen LogP contribution in [0.4, 0.5) is 0 Å². The highest BCUT2D eigenvalue weighted by molar-refractivity contribution is 5.78. The highest BCUT2D eigenvalue weighted by Crippen LogP contribution is 2.21. The van der Waals surface area contributed by atoms with Crippen molar-refractivity contribution in [3.63, 3.8) is 0 Å². The lowest BCUT2D eigenvalue weighted by atomic mass is 10.3. The minimum atomic E-state index is 0.375. The first-order valence-electron chi connectivity index (χ1n) is 6.24. The average molecular weight is 227 g/mol. The van der Waals surface area contributed by atoms with E-state index in [1.54, 1.807) is 7.11 Å². The molecular weight excluding hydrogens is 202 g/mol. The molecular formula is C12H25N3O. The van der Waals surface area contributed by atoms with E-state index in [0.717, 1.165) is 6.54 Å². The smallest absolute Gasteiger partial charge is 0.191 e. The van der Waals surface area contributed by atoms with E-state index in [-0.39, 0.29) is 0 Å². The van der Waals surface area contributed by atoms with Gasteiger partial charge in [0.1, 0.15) is 0 Å². The van der Waals surface area contributed by atoms with Crippen molar-refractivity contribution in [2.75, 3.05) is 20.3 Å². The van der Waals surface area contributed by atoms with Crippen molar-refractivity contribution in [3.05, 3.63) is 0 Å². The van der Waals surface area contributed by atoms with Crippen LogP contribution in [-0.4, -0.2) is 43.2 Å². The van der Waals surface area contributed by atoms with Crippen molar-refractivity contribution in [2.45, 2.75) is 51.6 Å². The van der Waals surface area contributed by atoms with E-state index in [4.69, 9.17) is 10.5 Å². The Balaban J connectivity index is 2.54. The molecule has 0 saturated heterocycles. The maximum atomic E-state index is 6.06. The van der Waals surface area contributed by atoms with Gasteiger partial charge in [-0.25, -0.2) is 4.99 Å². The van der Waals surface area contributed by atoms with E-state index < -0.39 is 0 Å². The van der Waals surface area contributed by atoms with Crippen LogP contribution in [-0.2, 0) is 4.74 Å². The Morgan fingerprint density at radius 3 is 2.56 bits per heavy atom. The lowest BCUT2D eigenvalue weighted by molar-refractivity contribution is 0.166. The second-order valence-electron chi connectivity index (χ2n) is 4.71.